The van der Waals surface area contributed by atoms with Gasteiger partial charge in [0.15, 0.2) is 0 Å². The summed E-state index contributed by atoms with van der Waals surface area (Å²) in [5.41, 5.74) is 1.14. The minimum atomic E-state index is -4.40. The second-order valence-corrected chi connectivity index (χ2v) is 7.77. The summed E-state index contributed by atoms with van der Waals surface area (Å²) in [4.78, 5) is -0.438. The third-order valence-corrected chi connectivity index (χ3v) is 5.01. The summed E-state index contributed by atoms with van der Waals surface area (Å²) in [7, 11) is -4.40. The predicted octanol–water partition coefficient (Wildman–Crippen LogP) is 1.71. The number of aryl methyl sites for hydroxylation is 1. The van der Waals surface area contributed by atoms with E-state index in [1.54, 1.807) is 6.07 Å². The Balaban J connectivity index is 0.00000364. The van der Waals surface area contributed by atoms with Crippen molar-refractivity contribution in [3.05, 3.63) is 48.0 Å². The Morgan fingerprint density at radius 1 is 1.00 bits per heavy atom. The summed E-state index contributed by atoms with van der Waals surface area (Å²) in [5, 5.41) is 12.0. The fraction of sp³-hybridized carbons (Fsp3) is 0.400. The molecule has 2 aromatic rings. The van der Waals surface area contributed by atoms with Crippen LogP contribution in [0, 0.1) is 0 Å². The summed E-state index contributed by atoms with van der Waals surface area (Å²) in [6, 6.07) is 10.8. The average Bonchev–Trinajstić information content (AvgIpc) is 2.59. The van der Waals surface area contributed by atoms with Crippen LogP contribution >= 0.6 is 0 Å². The summed E-state index contributed by atoms with van der Waals surface area (Å²) in [5.74, 6) is -0.0410. The second kappa shape index (κ2) is 11.7. The Labute approximate surface area is 183 Å². The Morgan fingerprint density at radius 3 is 2.37 bits per heavy atom. The van der Waals surface area contributed by atoms with Gasteiger partial charge in [-0.05, 0) is 48.7 Å². The largest absolute Gasteiger partial charge is 1.00 e. The third kappa shape index (κ3) is 8.23. The van der Waals surface area contributed by atoms with Gasteiger partial charge in [-0.2, -0.15) is 8.42 Å². The first-order valence-electron chi connectivity index (χ1n) is 8.95. The molecule has 0 atom stereocenters. The van der Waals surface area contributed by atoms with E-state index in [1.807, 2.05) is 18.2 Å². The van der Waals surface area contributed by atoms with E-state index < -0.39 is 20.8 Å². The molecule has 0 heterocycles. The molecular formula is C20H25NaO5S. The minimum Gasteiger partial charge on any atom is -0.870 e. The first-order chi connectivity index (χ1) is 12.4. The number of benzene rings is 2. The topological polar surface area (TPSA) is 86.7 Å². The molecule has 7 heteroatoms. The van der Waals surface area contributed by atoms with Gasteiger partial charge in [0.25, 0.3) is 10.1 Å². The van der Waals surface area contributed by atoms with E-state index in [0.29, 0.717) is 5.75 Å². The molecule has 0 bridgehead atoms. The van der Waals surface area contributed by atoms with Crippen LogP contribution in [0.4, 0.5) is 0 Å². The molecule has 0 saturated heterocycles. The van der Waals surface area contributed by atoms with Crippen molar-refractivity contribution in [2.45, 2.75) is 56.8 Å². The Hall–Kier alpha value is -1.05. The SMILES string of the molecule is CCCCCCCCc1cccc(Oc2ccc(S(=O)(=O)O)cc2[O-])c1.[Na+]. The average molecular weight is 400 g/mol. The summed E-state index contributed by atoms with van der Waals surface area (Å²) in [6.45, 7) is 2.20. The summed E-state index contributed by atoms with van der Waals surface area (Å²) < 4.78 is 36.7. The van der Waals surface area contributed by atoms with Gasteiger partial charge in [-0.1, -0.05) is 56.9 Å². The van der Waals surface area contributed by atoms with Gasteiger partial charge >= 0.3 is 29.6 Å². The van der Waals surface area contributed by atoms with Gasteiger partial charge < -0.3 is 9.84 Å². The second-order valence-electron chi connectivity index (χ2n) is 6.35. The third-order valence-electron chi connectivity index (χ3n) is 4.16. The van der Waals surface area contributed by atoms with Crippen molar-refractivity contribution in [2.75, 3.05) is 0 Å². The Morgan fingerprint density at radius 2 is 1.70 bits per heavy atom. The van der Waals surface area contributed by atoms with Gasteiger partial charge in [0.1, 0.15) is 11.5 Å². The van der Waals surface area contributed by atoms with Crippen LogP contribution < -0.4 is 39.4 Å². The van der Waals surface area contributed by atoms with Crippen LogP contribution in [-0.2, 0) is 16.5 Å². The monoisotopic (exact) mass is 400 g/mol. The van der Waals surface area contributed by atoms with Gasteiger partial charge in [-0.25, -0.2) is 0 Å². The molecule has 1 N–H and O–H groups in total. The molecule has 0 radical (unpaired) electrons. The van der Waals surface area contributed by atoms with Crippen molar-refractivity contribution >= 4 is 10.1 Å². The Kier molecular flexibility index (Phi) is 10.4. The van der Waals surface area contributed by atoms with Gasteiger partial charge in [0.2, 0.25) is 0 Å². The van der Waals surface area contributed by atoms with E-state index in [0.717, 1.165) is 30.5 Å². The first kappa shape index (κ1) is 24.0. The van der Waals surface area contributed by atoms with Crippen LogP contribution in [0.1, 0.15) is 51.0 Å². The molecule has 0 aromatic heterocycles. The molecule has 2 aromatic carbocycles. The molecule has 5 nitrogen and oxygen atoms in total. The standard InChI is InChI=1S/C20H26O5S.Na/c1-2-3-4-5-6-7-9-16-10-8-11-17(14-16)25-20-13-12-18(15-19(20)21)26(22,23)24;/h8,10-15,21H,2-7,9H2,1H3,(H,22,23,24);/q;+1/p-1. The molecule has 0 aliphatic heterocycles. The molecular weight excluding hydrogens is 375 g/mol. The van der Waals surface area contributed by atoms with Crippen molar-refractivity contribution in [3.8, 4) is 17.2 Å². The quantitative estimate of drug-likeness (QED) is 0.373. The predicted molar refractivity (Wildman–Crippen MR) is 99.3 cm³/mol. The summed E-state index contributed by atoms with van der Waals surface area (Å²) >= 11 is 0. The van der Waals surface area contributed by atoms with E-state index in [2.05, 4.69) is 6.92 Å². The molecule has 142 valence electrons. The molecule has 27 heavy (non-hydrogen) atoms. The normalized spacial score (nSPS) is 11.0. The number of ether oxygens (including phenoxy) is 1. The van der Waals surface area contributed by atoms with E-state index >= 15 is 0 Å². The van der Waals surface area contributed by atoms with E-state index in [9.17, 15) is 13.5 Å². The molecule has 0 amide bonds. The number of hydrogen-bond acceptors (Lipinski definition) is 4. The molecule has 0 fully saturated rings. The van der Waals surface area contributed by atoms with Crippen LogP contribution in [0.25, 0.3) is 0 Å². The molecule has 0 unspecified atom stereocenters. The molecule has 0 aliphatic rings. The van der Waals surface area contributed by atoms with Crippen LogP contribution in [0.5, 0.6) is 17.2 Å². The van der Waals surface area contributed by atoms with Crippen molar-refractivity contribution in [1.29, 1.82) is 0 Å². The van der Waals surface area contributed by atoms with Gasteiger partial charge in [-0.15, -0.1) is 0 Å². The number of hydrogen-bond donors (Lipinski definition) is 1. The molecule has 0 aliphatic carbocycles. The minimum absolute atomic E-state index is 0. The van der Waals surface area contributed by atoms with Crippen molar-refractivity contribution in [1.82, 2.24) is 0 Å². The zero-order valence-corrected chi connectivity index (χ0v) is 18.8. The van der Waals surface area contributed by atoms with E-state index in [1.165, 1.54) is 38.2 Å². The zero-order valence-electron chi connectivity index (χ0n) is 16.0. The fourth-order valence-electron chi connectivity index (χ4n) is 2.73. The maximum atomic E-state index is 12.0. The van der Waals surface area contributed by atoms with Crippen LogP contribution in [0.3, 0.4) is 0 Å². The smallest absolute Gasteiger partial charge is 0.870 e. The fourth-order valence-corrected chi connectivity index (χ4v) is 3.23. The van der Waals surface area contributed by atoms with Gasteiger partial charge in [0, 0.05) is 0 Å². The molecule has 0 saturated carbocycles. The maximum absolute atomic E-state index is 12.0. The Bertz CT molecular complexity index is 821. The first-order valence-corrected chi connectivity index (χ1v) is 10.4. The van der Waals surface area contributed by atoms with Crippen molar-refractivity contribution in [2.24, 2.45) is 0 Å². The van der Waals surface area contributed by atoms with E-state index in [-0.39, 0.29) is 35.3 Å². The van der Waals surface area contributed by atoms with Crippen molar-refractivity contribution < 1.29 is 52.4 Å². The van der Waals surface area contributed by atoms with Crippen molar-refractivity contribution in [3.63, 3.8) is 0 Å². The molecule has 0 spiro atoms. The number of rotatable bonds is 10. The van der Waals surface area contributed by atoms with E-state index in [4.69, 9.17) is 9.29 Å². The molecule has 2 rings (SSSR count). The summed E-state index contributed by atoms with van der Waals surface area (Å²) in [6.07, 6.45) is 8.34. The van der Waals surface area contributed by atoms with Crippen LogP contribution in [-0.4, -0.2) is 13.0 Å². The van der Waals surface area contributed by atoms with Gasteiger partial charge in [0.05, 0.1) is 4.90 Å². The van der Waals surface area contributed by atoms with Gasteiger partial charge in [-0.3, -0.25) is 4.55 Å². The zero-order chi connectivity index (χ0) is 19.0. The maximum Gasteiger partial charge on any atom is 1.00 e. The van der Waals surface area contributed by atoms with Crippen LogP contribution in [0.2, 0.25) is 0 Å². The number of unbranched alkanes of at least 4 members (excludes halogenated alkanes) is 5. The van der Waals surface area contributed by atoms with Crippen LogP contribution in [0.15, 0.2) is 47.4 Å².